The standard InChI is InChI=1S/C15H19BrFN7O4S/c1-15(4-5-24(8-15)29(18,26)27)7-19-13-12(22-28-23-13)14(21-25)20-9-2-3-11(17)10(16)6-9/h2-3,6,25H,4-5,7-8H2,1H3,(H,19,23)(H,20,21)(H2,18,26,27). The molecule has 14 heteroatoms. The Morgan fingerprint density at radius 1 is 1.52 bits per heavy atom. The van der Waals surface area contributed by atoms with Crippen molar-refractivity contribution in [3.8, 4) is 0 Å². The molecular formula is C15H19BrFN7O4S. The van der Waals surface area contributed by atoms with Crippen LogP contribution in [-0.2, 0) is 10.2 Å². The minimum Gasteiger partial charge on any atom is -0.365 e. The Hall–Kier alpha value is -2.13. The number of benzene rings is 1. The van der Waals surface area contributed by atoms with Crippen LogP contribution in [0.4, 0.5) is 15.9 Å². The Balaban J connectivity index is 1.76. The topological polar surface area (TPSA) is 159 Å². The number of rotatable bonds is 6. The zero-order valence-corrected chi connectivity index (χ0v) is 17.7. The van der Waals surface area contributed by atoms with E-state index < -0.39 is 21.4 Å². The highest BCUT2D eigenvalue weighted by Gasteiger charge is 2.38. The highest BCUT2D eigenvalue weighted by atomic mass is 79.9. The molecule has 29 heavy (non-hydrogen) atoms. The summed E-state index contributed by atoms with van der Waals surface area (Å²) in [5, 5.41) is 25.2. The molecule has 1 aromatic carbocycles. The van der Waals surface area contributed by atoms with E-state index in [4.69, 9.17) is 9.77 Å². The first-order valence-electron chi connectivity index (χ1n) is 8.40. The van der Waals surface area contributed by atoms with Gasteiger partial charge in [0.2, 0.25) is 5.82 Å². The lowest BCUT2D eigenvalue weighted by Crippen LogP contribution is -2.38. The minimum atomic E-state index is -3.75. The summed E-state index contributed by atoms with van der Waals surface area (Å²) in [7, 11) is -3.75. The van der Waals surface area contributed by atoms with Gasteiger partial charge in [-0.15, -0.1) is 0 Å². The lowest BCUT2D eigenvalue weighted by molar-refractivity contribution is 0.234. The number of hydrogen-bond donors (Lipinski definition) is 4. The van der Waals surface area contributed by atoms with Gasteiger partial charge in [-0.25, -0.2) is 19.2 Å². The normalized spacial score (nSPS) is 20.8. The summed E-state index contributed by atoms with van der Waals surface area (Å²) in [6.07, 6.45) is 0.597. The van der Waals surface area contributed by atoms with Crippen molar-refractivity contribution in [1.82, 2.24) is 20.1 Å². The molecule has 1 fully saturated rings. The van der Waals surface area contributed by atoms with Crippen molar-refractivity contribution in [2.75, 3.05) is 25.0 Å². The average molecular weight is 492 g/mol. The molecule has 11 nitrogen and oxygen atoms in total. The summed E-state index contributed by atoms with van der Waals surface area (Å²) in [5.74, 6) is -0.331. The van der Waals surface area contributed by atoms with Gasteiger partial charge in [0.1, 0.15) is 5.82 Å². The second-order valence-corrected chi connectivity index (χ2v) is 9.33. The molecule has 5 N–H and O–H groups in total. The Bertz CT molecular complexity index is 1030. The van der Waals surface area contributed by atoms with Gasteiger partial charge in [-0.2, -0.15) is 12.7 Å². The molecule has 2 aromatic rings. The largest absolute Gasteiger partial charge is 0.365 e. The quantitative estimate of drug-likeness (QED) is 0.267. The SMILES string of the molecule is CC1(CNc2nonc2C(=Nc2ccc(F)c(Br)c2)NO)CCN(S(N)(=O)=O)C1. The van der Waals surface area contributed by atoms with Crippen LogP contribution < -0.4 is 15.9 Å². The molecule has 2 heterocycles. The third-order valence-corrected chi connectivity index (χ3v) is 6.17. The molecule has 158 valence electrons. The fraction of sp³-hybridized carbons (Fsp3) is 0.400. The maximum absolute atomic E-state index is 13.4. The monoisotopic (exact) mass is 491 g/mol. The van der Waals surface area contributed by atoms with E-state index in [2.05, 4.69) is 36.6 Å². The minimum absolute atomic E-state index is 0.0741. The number of hydrogen-bond acceptors (Lipinski definition) is 8. The van der Waals surface area contributed by atoms with Gasteiger partial charge >= 0.3 is 0 Å². The first-order chi connectivity index (χ1) is 13.6. The van der Waals surface area contributed by atoms with Crippen LogP contribution in [-0.4, -0.2) is 53.7 Å². The number of anilines is 1. The number of aliphatic imine (C=N–C) groups is 1. The van der Waals surface area contributed by atoms with Crippen LogP contribution in [0.1, 0.15) is 19.0 Å². The maximum atomic E-state index is 13.4. The molecule has 0 spiro atoms. The highest BCUT2D eigenvalue weighted by molar-refractivity contribution is 9.10. The van der Waals surface area contributed by atoms with Gasteiger partial charge in [0, 0.05) is 19.6 Å². The van der Waals surface area contributed by atoms with Crippen LogP contribution in [0.15, 0.2) is 32.3 Å². The van der Waals surface area contributed by atoms with E-state index in [1.807, 2.05) is 12.4 Å². The van der Waals surface area contributed by atoms with E-state index in [9.17, 15) is 18.0 Å². The molecule has 1 saturated heterocycles. The van der Waals surface area contributed by atoms with E-state index >= 15 is 0 Å². The van der Waals surface area contributed by atoms with Gasteiger partial charge in [0.15, 0.2) is 11.5 Å². The Labute approximate surface area is 174 Å². The molecule has 3 rings (SSSR count). The van der Waals surface area contributed by atoms with Gasteiger partial charge in [0.05, 0.1) is 10.2 Å². The van der Waals surface area contributed by atoms with E-state index in [-0.39, 0.29) is 28.4 Å². The van der Waals surface area contributed by atoms with E-state index in [0.717, 1.165) is 0 Å². The predicted molar refractivity (Wildman–Crippen MR) is 105 cm³/mol. The average Bonchev–Trinajstić information content (AvgIpc) is 3.28. The van der Waals surface area contributed by atoms with Gasteiger partial charge in [-0.05, 0) is 56.3 Å². The Morgan fingerprint density at radius 3 is 2.90 bits per heavy atom. The Kier molecular flexibility index (Phi) is 6.19. The molecular weight excluding hydrogens is 473 g/mol. The summed E-state index contributed by atoms with van der Waals surface area (Å²) >= 11 is 3.07. The molecule has 0 saturated carbocycles. The maximum Gasteiger partial charge on any atom is 0.276 e. The van der Waals surface area contributed by atoms with Crippen LogP contribution in [0.5, 0.6) is 0 Å². The molecule has 1 aliphatic rings. The lowest BCUT2D eigenvalue weighted by Gasteiger charge is -2.24. The fourth-order valence-electron chi connectivity index (χ4n) is 2.91. The number of nitrogens with two attached hydrogens (primary N) is 1. The van der Waals surface area contributed by atoms with Crippen molar-refractivity contribution in [3.05, 3.63) is 34.2 Å². The number of hydroxylamine groups is 1. The molecule has 1 aliphatic heterocycles. The first-order valence-corrected chi connectivity index (χ1v) is 10.7. The summed E-state index contributed by atoms with van der Waals surface area (Å²) in [6, 6.07) is 4.06. The van der Waals surface area contributed by atoms with Crippen LogP contribution in [0.25, 0.3) is 0 Å². The fourth-order valence-corrected chi connectivity index (χ4v) is 4.12. The van der Waals surface area contributed by atoms with E-state index in [0.29, 0.717) is 25.2 Å². The van der Waals surface area contributed by atoms with Gasteiger partial charge in [0.25, 0.3) is 10.2 Å². The summed E-state index contributed by atoms with van der Waals surface area (Å²) in [5.41, 5.74) is 1.97. The lowest BCUT2D eigenvalue weighted by atomic mass is 9.90. The molecule has 0 amide bonds. The van der Waals surface area contributed by atoms with Crippen molar-refractivity contribution in [3.63, 3.8) is 0 Å². The second-order valence-electron chi connectivity index (χ2n) is 6.92. The van der Waals surface area contributed by atoms with Gasteiger partial charge in [-0.3, -0.25) is 10.7 Å². The second kappa shape index (κ2) is 8.31. The summed E-state index contributed by atoms with van der Waals surface area (Å²) in [6.45, 7) is 2.84. The van der Waals surface area contributed by atoms with Crippen molar-refractivity contribution in [2.24, 2.45) is 15.5 Å². The molecule has 0 radical (unpaired) electrons. The predicted octanol–water partition coefficient (Wildman–Crippen LogP) is 1.36. The molecule has 0 bridgehead atoms. The molecule has 1 aromatic heterocycles. The van der Waals surface area contributed by atoms with Crippen LogP contribution in [0, 0.1) is 11.2 Å². The number of amidine groups is 1. The van der Waals surface area contributed by atoms with Crippen LogP contribution in [0.2, 0.25) is 0 Å². The summed E-state index contributed by atoms with van der Waals surface area (Å²) < 4.78 is 42.6. The third kappa shape index (κ3) is 5.08. The zero-order chi connectivity index (χ0) is 21.2. The third-order valence-electron chi connectivity index (χ3n) is 4.53. The van der Waals surface area contributed by atoms with Crippen molar-refractivity contribution < 1.29 is 22.6 Å². The van der Waals surface area contributed by atoms with E-state index in [1.54, 1.807) is 0 Å². The number of halogens is 2. The summed E-state index contributed by atoms with van der Waals surface area (Å²) in [4.78, 5) is 4.18. The van der Waals surface area contributed by atoms with Crippen LogP contribution in [0.3, 0.4) is 0 Å². The highest BCUT2D eigenvalue weighted by Crippen LogP contribution is 2.31. The van der Waals surface area contributed by atoms with Crippen molar-refractivity contribution in [1.29, 1.82) is 0 Å². The molecule has 0 aliphatic carbocycles. The number of nitrogens with one attached hydrogen (secondary N) is 2. The number of nitrogens with zero attached hydrogens (tertiary/aromatic N) is 4. The zero-order valence-electron chi connectivity index (χ0n) is 15.3. The van der Waals surface area contributed by atoms with Crippen LogP contribution >= 0.6 is 15.9 Å². The smallest absolute Gasteiger partial charge is 0.276 e. The van der Waals surface area contributed by atoms with Crippen molar-refractivity contribution >= 4 is 43.5 Å². The van der Waals surface area contributed by atoms with Gasteiger partial charge < -0.3 is 5.32 Å². The molecule has 1 unspecified atom stereocenters. The van der Waals surface area contributed by atoms with Gasteiger partial charge in [-0.1, -0.05) is 6.92 Å². The number of aromatic nitrogens is 2. The Morgan fingerprint density at radius 2 is 2.28 bits per heavy atom. The van der Waals surface area contributed by atoms with Crippen molar-refractivity contribution in [2.45, 2.75) is 13.3 Å². The van der Waals surface area contributed by atoms with E-state index in [1.165, 1.54) is 22.5 Å². The first kappa shape index (κ1) is 21.6. The molecule has 1 atom stereocenters.